The fraction of sp³-hybridized carbons (Fsp3) is 0.158. The van der Waals surface area contributed by atoms with Crippen molar-refractivity contribution in [2.45, 2.75) is 6.92 Å². The van der Waals surface area contributed by atoms with E-state index >= 15 is 0 Å². The number of hydrogen-bond donors (Lipinski definition) is 1. The number of benzene rings is 1. The van der Waals surface area contributed by atoms with E-state index in [0.717, 1.165) is 0 Å². The molecule has 0 aliphatic rings. The molecule has 0 radical (unpaired) electrons. The fourth-order valence-corrected chi connectivity index (χ4v) is 3.55. The Balaban J connectivity index is 2.05. The summed E-state index contributed by atoms with van der Waals surface area (Å²) < 4.78 is 1.77. The lowest BCUT2D eigenvalue weighted by atomic mass is 10.1. The predicted molar refractivity (Wildman–Crippen MR) is 116 cm³/mol. The van der Waals surface area contributed by atoms with E-state index in [1.165, 1.54) is 15.6 Å². The maximum absolute atomic E-state index is 13.1. The third kappa shape index (κ3) is 4.44. The van der Waals surface area contributed by atoms with Gasteiger partial charge in [-0.05, 0) is 52.7 Å². The minimum atomic E-state index is -0.483. The second-order valence-electron chi connectivity index (χ2n) is 6.37. The Morgan fingerprint density at radius 2 is 1.93 bits per heavy atom. The molecule has 29 heavy (non-hydrogen) atoms. The molecule has 2 aromatic heterocycles. The van der Waals surface area contributed by atoms with Gasteiger partial charge in [-0.25, -0.2) is 9.67 Å². The third-order valence-electron chi connectivity index (χ3n) is 4.03. The van der Waals surface area contributed by atoms with Gasteiger partial charge in [0.15, 0.2) is 5.82 Å². The van der Waals surface area contributed by atoms with E-state index in [4.69, 9.17) is 23.2 Å². The number of hydrogen-bond acceptors (Lipinski definition) is 4. The van der Waals surface area contributed by atoms with Crippen LogP contribution in [0, 0.1) is 6.92 Å². The maximum atomic E-state index is 13.1. The number of carbonyl (C=O) groups excluding carboxylic acids is 2. The zero-order chi connectivity index (χ0) is 21.3. The fourth-order valence-electron chi connectivity index (χ4n) is 2.70. The molecule has 3 aromatic rings. The molecule has 150 valence electrons. The summed E-state index contributed by atoms with van der Waals surface area (Å²) in [5.41, 5.74) is 1.50. The lowest BCUT2D eigenvalue weighted by molar-refractivity contribution is 0.0828. The number of amides is 2. The van der Waals surface area contributed by atoms with E-state index in [1.54, 1.807) is 51.5 Å². The lowest BCUT2D eigenvalue weighted by Crippen LogP contribution is -2.25. The molecule has 10 heteroatoms. The van der Waals surface area contributed by atoms with E-state index in [0.29, 0.717) is 31.7 Å². The molecule has 0 atom stereocenters. The SMILES string of the molecule is Cc1cc(Cl)cc(C(=O)N(C)C)c1NC(=O)c1cc(Br)nn1-c1ncccc1Cl. The number of rotatable bonds is 4. The highest BCUT2D eigenvalue weighted by atomic mass is 79.9. The van der Waals surface area contributed by atoms with Gasteiger partial charge in [-0.3, -0.25) is 9.59 Å². The number of anilines is 1. The van der Waals surface area contributed by atoms with Crippen LogP contribution < -0.4 is 5.32 Å². The van der Waals surface area contributed by atoms with E-state index < -0.39 is 5.91 Å². The van der Waals surface area contributed by atoms with Gasteiger partial charge < -0.3 is 10.2 Å². The summed E-state index contributed by atoms with van der Waals surface area (Å²) >= 11 is 15.6. The van der Waals surface area contributed by atoms with Crippen LogP contribution in [0.5, 0.6) is 0 Å². The lowest BCUT2D eigenvalue weighted by Gasteiger charge is -2.17. The molecule has 0 aliphatic carbocycles. The van der Waals surface area contributed by atoms with Crippen LogP contribution in [0.15, 0.2) is 41.1 Å². The van der Waals surface area contributed by atoms with Gasteiger partial charge in [0.05, 0.1) is 16.3 Å². The number of halogens is 3. The number of pyridine rings is 1. The first-order valence-electron chi connectivity index (χ1n) is 8.38. The molecule has 1 N–H and O–H groups in total. The predicted octanol–water partition coefficient (Wildman–Crippen LogP) is 4.60. The third-order valence-corrected chi connectivity index (χ3v) is 4.93. The Kier molecular flexibility index (Phi) is 6.26. The summed E-state index contributed by atoms with van der Waals surface area (Å²) in [6.45, 7) is 1.76. The molecule has 2 amide bonds. The van der Waals surface area contributed by atoms with Gasteiger partial charge in [-0.2, -0.15) is 5.10 Å². The highest BCUT2D eigenvalue weighted by Gasteiger charge is 2.23. The number of nitrogens with zero attached hydrogens (tertiary/aromatic N) is 4. The van der Waals surface area contributed by atoms with Crippen LogP contribution in [0.2, 0.25) is 10.0 Å². The minimum absolute atomic E-state index is 0.190. The number of aromatic nitrogens is 3. The van der Waals surface area contributed by atoms with Gasteiger partial charge >= 0.3 is 0 Å². The average Bonchev–Trinajstić information content (AvgIpc) is 3.05. The van der Waals surface area contributed by atoms with Crippen molar-refractivity contribution in [3.05, 3.63) is 68.0 Å². The Labute approximate surface area is 185 Å². The van der Waals surface area contributed by atoms with Crippen molar-refractivity contribution in [1.82, 2.24) is 19.7 Å². The number of carbonyl (C=O) groups is 2. The number of aryl methyl sites for hydroxylation is 1. The smallest absolute Gasteiger partial charge is 0.274 e. The van der Waals surface area contributed by atoms with Crippen molar-refractivity contribution < 1.29 is 9.59 Å². The zero-order valence-electron chi connectivity index (χ0n) is 15.7. The molecule has 1 aromatic carbocycles. The topological polar surface area (TPSA) is 80.1 Å². The van der Waals surface area contributed by atoms with Crippen LogP contribution in [0.3, 0.4) is 0 Å². The maximum Gasteiger partial charge on any atom is 0.274 e. The molecule has 0 fully saturated rings. The first-order valence-corrected chi connectivity index (χ1v) is 9.93. The summed E-state index contributed by atoms with van der Waals surface area (Å²) in [6, 6.07) is 8.07. The van der Waals surface area contributed by atoms with Crippen molar-refractivity contribution in [3.8, 4) is 5.82 Å². The normalized spacial score (nSPS) is 10.7. The van der Waals surface area contributed by atoms with Crippen LogP contribution in [-0.2, 0) is 0 Å². The van der Waals surface area contributed by atoms with Crippen LogP contribution in [0.1, 0.15) is 26.4 Å². The van der Waals surface area contributed by atoms with Crippen LogP contribution in [-0.4, -0.2) is 45.6 Å². The van der Waals surface area contributed by atoms with Crippen LogP contribution >= 0.6 is 39.1 Å². The summed E-state index contributed by atoms with van der Waals surface area (Å²) in [4.78, 5) is 31.3. The van der Waals surface area contributed by atoms with Gasteiger partial charge in [0.25, 0.3) is 11.8 Å². The van der Waals surface area contributed by atoms with Crippen LogP contribution in [0.4, 0.5) is 5.69 Å². The van der Waals surface area contributed by atoms with Crippen molar-refractivity contribution in [1.29, 1.82) is 0 Å². The molecule has 0 saturated carbocycles. The highest BCUT2D eigenvalue weighted by Crippen LogP contribution is 2.28. The monoisotopic (exact) mass is 495 g/mol. The molecular formula is C19H16BrCl2N5O2. The first-order chi connectivity index (χ1) is 13.7. The molecule has 2 heterocycles. The van der Waals surface area contributed by atoms with Gasteiger partial charge in [-0.15, -0.1) is 0 Å². The minimum Gasteiger partial charge on any atom is -0.345 e. The summed E-state index contributed by atoms with van der Waals surface area (Å²) in [5, 5.41) is 7.80. The zero-order valence-corrected chi connectivity index (χ0v) is 18.8. The van der Waals surface area contributed by atoms with E-state index in [1.807, 2.05) is 0 Å². The van der Waals surface area contributed by atoms with Crippen molar-refractivity contribution in [2.24, 2.45) is 0 Å². The second-order valence-corrected chi connectivity index (χ2v) is 8.03. The summed E-state index contributed by atoms with van der Waals surface area (Å²) in [5.74, 6) is -0.459. The Morgan fingerprint density at radius 3 is 2.59 bits per heavy atom. The molecular weight excluding hydrogens is 481 g/mol. The molecule has 0 unspecified atom stereocenters. The van der Waals surface area contributed by atoms with Gasteiger partial charge in [-0.1, -0.05) is 23.2 Å². The molecule has 0 bridgehead atoms. The number of nitrogens with one attached hydrogen (secondary N) is 1. The van der Waals surface area contributed by atoms with Crippen LogP contribution in [0.25, 0.3) is 5.82 Å². The second kappa shape index (κ2) is 8.52. The van der Waals surface area contributed by atoms with Gasteiger partial charge in [0, 0.05) is 31.4 Å². The molecule has 0 aliphatic heterocycles. The first kappa shape index (κ1) is 21.3. The standard InChI is InChI=1S/C19H16BrCl2N5O2/c1-10-7-11(21)8-12(19(29)26(2)3)16(10)24-18(28)14-9-15(20)25-27(14)17-13(22)5-4-6-23-17/h4-9H,1-3H3,(H,24,28). The van der Waals surface area contributed by atoms with E-state index in [-0.39, 0.29) is 17.2 Å². The Morgan fingerprint density at radius 1 is 1.21 bits per heavy atom. The van der Waals surface area contributed by atoms with Crippen molar-refractivity contribution >= 4 is 56.6 Å². The largest absolute Gasteiger partial charge is 0.345 e. The quantitative estimate of drug-likeness (QED) is 0.572. The Bertz CT molecular complexity index is 1110. The Hall–Kier alpha value is -2.42. The molecule has 0 saturated heterocycles. The van der Waals surface area contributed by atoms with E-state index in [2.05, 4.69) is 31.3 Å². The molecule has 0 spiro atoms. The average molecular weight is 497 g/mol. The van der Waals surface area contributed by atoms with Gasteiger partial charge in [0.1, 0.15) is 10.3 Å². The summed E-state index contributed by atoms with van der Waals surface area (Å²) in [6.07, 6.45) is 1.55. The highest BCUT2D eigenvalue weighted by molar-refractivity contribution is 9.10. The molecule has 3 rings (SSSR count). The van der Waals surface area contributed by atoms with Crippen molar-refractivity contribution in [3.63, 3.8) is 0 Å². The van der Waals surface area contributed by atoms with Crippen molar-refractivity contribution in [2.75, 3.05) is 19.4 Å². The molecule has 7 nitrogen and oxygen atoms in total. The van der Waals surface area contributed by atoms with Gasteiger partial charge in [0.2, 0.25) is 0 Å². The van der Waals surface area contributed by atoms with E-state index in [9.17, 15) is 9.59 Å². The summed E-state index contributed by atoms with van der Waals surface area (Å²) in [7, 11) is 3.25.